The van der Waals surface area contributed by atoms with Crippen molar-refractivity contribution in [3.05, 3.63) is 60.8 Å². The van der Waals surface area contributed by atoms with Crippen LogP contribution in [-0.4, -0.2) is 21.9 Å². The number of nitro benzene ring substituents is 1. The standard InChI is InChI=1S/C16H16N2O5S/c1-8-4-14(10(3)24-8)9(2)17-15(19)11-5-12(16(20)21)7-13(6-11)18(22)23/h4-7,9H,1-3H3,(H,17,19)(H,20,21). The quantitative estimate of drug-likeness (QED) is 0.635. The third-order valence-electron chi connectivity index (χ3n) is 3.53. The first-order chi connectivity index (χ1) is 11.2. The summed E-state index contributed by atoms with van der Waals surface area (Å²) < 4.78 is 0. The number of carboxylic acid groups (broad SMARTS) is 1. The molecule has 2 rings (SSSR count). The van der Waals surface area contributed by atoms with Gasteiger partial charge in [0, 0.05) is 27.5 Å². The summed E-state index contributed by atoms with van der Waals surface area (Å²) in [5.74, 6) is -1.89. The number of thiophene rings is 1. The van der Waals surface area contributed by atoms with Gasteiger partial charge >= 0.3 is 5.97 Å². The lowest BCUT2D eigenvalue weighted by molar-refractivity contribution is -0.384. The zero-order valence-corrected chi connectivity index (χ0v) is 14.1. The first kappa shape index (κ1) is 17.6. The fourth-order valence-electron chi connectivity index (χ4n) is 2.41. The van der Waals surface area contributed by atoms with Crippen LogP contribution in [0, 0.1) is 24.0 Å². The average molecular weight is 348 g/mol. The fourth-order valence-corrected chi connectivity index (χ4v) is 3.43. The molecule has 0 aliphatic carbocycles. The normalized spacial score (nSPS) is 11.8. The van der Waals surface area contributed by atoms with E-state index in [0.29, 0.717) is 0 Å². The summed E-state index contributed by atoms with van der Waals surface area (Å²) in [6.07, 6.45) is 0. The number of nitrogens with zero attached hydrogens (tertiary/aromatic N) is 1. The maximum absolute atomic E-state index is 12.4. The lowest BCUT2D eigenvalue weighted by Crippen LogP contribution is -2.27. The van der Waals surface area contributed by atoms with Crippen molar-refractivity contribution in [2.24, 2.45) is 0 Å². The largest absolute Gasteiger partial charge is 0.478 e. The first-order valence-corrected chi connectivity index (χ1v) is 7.91. The number of non-ortho nitro benzene ring substituents is 1. The van der Waals surface area contributed by atoms with E-state index < -0.39 is 22.5 Å². The van der Waals surface area contributed by atoms with Crippen molar-refractivity contribution in [3.8, 4) is 0 Å². The first-order valence-electron chi connectivity index (χ1n) is 7.09. The van der Waals surface area contributed by atoms with Gasteiger partial charge in [-0.1, -0.05) is 0 Å². The minimum Gasteiger partial charge on any atom is -0.478 e. The SMILES string of the molecule is Cc1cc(C(C)NC(=O)c2cc(C(=O)O)cc([N+](=O)[O-])c2)c(C)s1. The number of benzene rings is 1. The molecule has 0 bridgehead atoms. The summed E-state index contributed by atoms with van der Waals surface area (Å²) in [6.45, 7) is 5.73. The number of hydrogen-bond acceptors (Lipinski definition) is 5. The van der Waals surface area contributed by atoms with Crippen molar-refractivity contribution >= 4 is 28.9 Å². The number of amides is 1. The number of aryl methyl sites for hydroxylation is 2. The Morgan fingerprint density at radius 3 is 2.33 bits per heavy atom. The molecule has 0 saturated heterocycles. The second-order valence-corrected chi connectivity index (χ2v) is 6.85. The van der Waals surface area contributed by atoms with Gasteiger partial charge in [-0.15, -0.1) is 11.3 Å². The number of hydrogen-bond donors (Lipinski definition) is 2. The highest BCUT2D eigenvalue weighted by Gasteiger charge is 2.20. The van der Waals surface area contributed by atoms with Crippen LogP contribution in [-0.2, 0) is 0 Å². The molecule has 0 aliphatic heterocycles. The molecule has 1 aromatic heterocycles. The third kappa shape index (κ3) is 3.77. The molecule has 126 valence electrons. The Morgan fingerprint density at radius 2 is 1.83 bits per heavy atom. The molecule has 2 N–H and O–H groups in total. The van der Waals surface area contributed by atoms with E-state index in [2.05, 4.69) is 5.32 Å². The Labute approximate surface area is 142 Å². The second kappa shape index (κ2) is 6.79. The van der Waals surface area contributed by atoms with Gasteiger partial charge in [-0.25, -0.2) is 4.79 Å². The van der Waals surface area contributed by atoms with Gasteiger partial charge in [0.05, 0.1) is 16.5 Å². The van der Waals surface area contributed by atoms with Crippen LogP contribution in [0.3, 0.4) is 0 Å². The smallest absolute Gasteiger partial charge is 0.335 e. The Morgan fingerprint density at radius 1 is 1.21 bits per heavy atom. The molecule has 1 amide bonds. The maximum Gasteiger partial charge on any atom is 0.335 e. The topological polar surface area (TPSA) is 110 Å². The van der Waals surface area contributed by atoms with Crippen LogP contribution in [0.25, 0.3) is 0 Å². The average Bonchev–Trinajstić information content (AvgIpc) is 2.85. The predicted molar refractivity (Wildman–Crippen MR) is 89.7 cm³/mol. The minimum atomic E-state index is -1.33. The van der Waals surface area contributed by atoms with Crippen molar-refractivity contribution in [2.45, 2.75) is 26.8 Å². The Hall–Kier alpha value is -2.74. The number of rotatable bonds is 5. The van der Waals surface area contributed by atoms with Crippen LogP contribution >= 0.6 is 11.3 Å². The molecule has 1 atom stereocenters. The molecule has 0 radical (unpaired) electrons. The molecule has 8 heteroatoms. The molecule has 1 aromatic carbocycles. The van der Waals surface area contributed by atoms with Crippen LogP contribution in [0.4, 0.5) is 5.69 Å². The molecule has 2 aromatic rings. The molecule has 1 heterocycles. The molecule has 7 nitrogen and oxygen atoms in total. The van der Waals surface area contributed by atoms with Crippen LogP contribution in [0.2, 0.25) is 0 Å². The Kier molecular flexibility index (Phi) is 4.99. The summed E-state index contributed by atoms with van der Waals surface area (Å²) in [5, 5.41) is 22.7. The van der Waals surface area contributed by atoms with Crippen LogP contribution < -0.4 is 5.32 Å². The van der Waals surface area contributed by atoms with Gasteiger partial charge in [0.15, 0.2) is 0 Å². The lowest BCUT2D eigenvalue weighted by atomic mass is 10.1. The molecule has 0 fully saturated rings. The molecule has 0 saturated carbocycles. The number of aromatic carboxylic acids is 1. The Balaban J connectivity index is 2.30. The van der Waals surface area contributed by atoms with E-state index in [0.717, 1.165) is 33.5 Å². The van der Waals surface area contributed by atoms with E-state index in [-0.39, 0.29) is 17.2 Å². The molecular weight excluding hydrogens is 332 g/mol. The highest BCUT2D eigenvalue weighted by atomic mass is 32.1. The van der Waals surface area contributed by atoms with Crippen LogP contribution in [0.1, 0.15) is 49.0 Å². The predicted octanol–water partition coefficient (Wildman–Crippen LogP) is 3.46. The van der Waals surface area contributed by atoms with Gasteiger partial charge in [-0.3, -0.25) is 14.9 Å². The molecule has 0 spiro atoms. The molecule has 24 heavy (non-hydrogen) atoms. The maximum atomic E-state index is 12.4. The van der Waals surface area contributed by atoms with Gasteiger partial charge in [-0.05, 0) is 38.5 Å². The van der Waals surface area contributed by atoms with Gasteiger partial charge in [-0.2, -0.15) is 0 Å². The number of nitrogens with one attached hydrogen (secondary N) is 1. The lowest BCUT2D eigenvalue weighted by Gasteiger charge is -2.14. The fraction of sp³-hybridized carbons (Fsp3) is 0.250. The number of carbonyl (C=O) groups is 2. The monoisotopic (exact) mass is 348 g/mol. The zero-order chi connectivity index (χ0) is 18.0. The van der Waals surface area contributed by atoms with Gasteiger partial charge in [0.2, 0.25) is 0 Å². The van der Waals surface area contributed by atoms with Crippen molar-refractivity contribution in [1.82, 2.24) is 5.32 Å². The summed E-state index contributed by atoms with van der Waals surface area (Å²) in [4.78, 5) is 35.9. The molecular formula is C16H16N2O5S. The van der Waals surface area contributed by atoms with Crippen molar-refractivity contribution in [2.75, 3.05) is 0 Å². The highest BCUT2D eigenvalue weighted by molar-refractivity contribution is 7.12. The Bertz CT molecular complexity index is 796. The van der Waals surface area contributed by atoms with Crippen molar-refractivity contribution in [3.63, 3.8) is 0 Å². The molecule has 1 unspecified atom stereocenters. The van der Waals surface area contributed by atoms with E-state index in [1.165, 1.54) is 0 Å². The van der Waals surface area contributed by atoms with Gasteiger partial charge in [0.1, 0.15) is 0 Å². The van der Waals surface area contributed by atoms with Crippen molar-refractivity contribution in [1.29, 1.82) is 0 Å². The van der Waals surface area contributed by atoms with E-state index in [1.54, 1.807) is 11.3 Å². The summed E-state index contributed by atoms with van der Waals surface area (Å²) >= 11 is 1.61. The number of nitro groups is 1. The van der Waals surface area contributed by atoms with Crippen molar-refractivity contribution < 1.29 is 19.6 Å². The number of carboxylic acids is 1. The van der Waals surface area contributed by atoms with Crippen LogP contribution in [0.5, 0.6) is 0 Å². The van der Waals surface area contributed by atoms with Gasteiger partial charge in [0.25, 0.3) is 11.6 Å². The summed E-state index contributed by atoms with van der Waals surface area (Å²) in [5.41, 5.74) is 0.174. The second-order valence-electron chi connectivity index (χ2n) is 5.39. The molecule has 0 aliphatic rings. The third-order valence-corrected chi connectivity index (χ3v) is 4.51. The minimum absolute atomic E-state index is 0.0574. The van der Waals surface area contributed by atoms with E-state index in [9.17, 15) is 19.7 Å². The van der Waals surface area contributed by atoms with E-state index >= 15 is 0 Å². The van der Waals surface area contributed by atoms with Crippen LogP contribution in [0.15, 0.2) is 24.3 Å². The zero-order valence-electron chi connectivity index (χ0n) is 13.3. The van der Waals surface area contributed by atoms with E-state index in [4.69, 9.17) is 5.11 Å². The summed E-state index contributed by atoms with van der Waals surface area (Å²) in [7, 11) is 0. The summed E-state index contributed by atoms with van der Waals surface area (Å²) in [6, 6.07) is 4.80. The highest BCUT2D eigenvalue weighted by Crippen LogP contribution is 2.26. The van der Waals surface area contributed by atoms with E-state index in [1.807, 2.05) is 26.8 Å². The van der Waals surface area contributed by atoms with Gasteiger partial charge < -0.3 is 10.4 Å². The number of carbonyl (C=O) groups excluding carboxylic acids is 1.